The van der Waals surface area contributed by atoms with Crippen LogP contribution in [-0.2, 0) is 16.1 Å². The summed E-state index contributed by atoms with van der Waals surface area (Å²) in [5.41, 5.74) is 0.438. The minimum absolute atomic E-state index is 0. The van der Waals surface area contributed by atoms with Crippen molar-refractivity contribution in [3.05, 3.63) is 23.8 Å². The Balaban J connectivity index is 0.00000784. The lowest BCUT2D eigenvalue weighted by Crippen LogP contribution is -2.43. The molecule has 1 amide bonds. The van der Waals surface area contributed by atoms with E-state index >= 15 is 0 Å². The highest BCUT2D eigenvalue weighted by atomic mass is 127. The van der Waals surface area contributed by atoms with Crippen LogP contribution in [-0.4, -0.2) is 58.4 Å². The van der Waals surface area contributed by atoms with Crippen LogP contribution in [0, 0.1) is 0 Å². The Morgan fingerprint density at radius 1 is 1.21 bits per heavy atom. The lowest BCUT2D eigenvalue weighted by atomic mass is 10.2. The summed E-state index contributed by atoms with van der Waals surface area (Å²) in [6, 6.07) is 4.87. The number of nitrogens with zero attached hydrogens (tertiary/aromatic N) is 1. The van der Waals surface area contributed by atoms with Gasteiger partial charge in [-0.05, 0) is 19.9 Å². The zero-order chi connectivity index (χ0) is 20.8. The molecule has 8 nitrogen and oxygen atoms in total. The monoisotopic (exact) mass is 530 g/mol. The van der Waals surface area contributed by atoms with Gasteiger partial charge in [-0.25, -0.2) is 4.99 Å². The molecule has 166 valence electrons. The average Bonchev–Trinajstić information content (AvgIpc) is 2.66. The fraction of sp³-hybridized carbons (Fsp3) is 0.556. The molecule has 0 unspecified atom stereocenters. The number of alkyl halides is 2. The number of carbonyl (C=O) groups is 1. The molecule has 0 aliphatic heterocycles. The summed E-state index contributed by atoms with van der Waals surface area (Å²) in [6.07, 6.45) is 0. The number of hydrogen-bond acceptors (Lipinski definition) is 5. The predicted molar refractivity (Wildman–Crippen MR) is 117 cm³/mol. The largest absolute Gasteiger partial charge is 0.490 e. The summed E-state index contributed by atoms with van der Waals surface area (Å²) in [6.45, 7) is 2.42. The molecule has 0 aliphatic carbocycles. The number of amides is 1. The van der Waals surface area contributed by atoms with E-state index in [0.717, 1.165) is 0 Å². The Morgan fingerprint density at radius 3 is 2.59 bits per heavy atom. The number of para-hydroxylation sites is 1. The van der Waals surface area contributed by atoms with E-state index in [-0.39, 0.29) is 54.5 Å². The van der Waals surface area contributed by atoms with Gasteiger partial charge in [0.15, 0.2) is 17.5 Å². The van der Waals surface area contributed by atoms with E-state index in [0.29, 0.717) is 37.8 Å². The maximum absolute atomic E-state index is 12.8. The van der Waals surface area contributed by atoms with Crippen LogP contribution in [0.1, 0.15) is 19.4 Å². The highest BCUT2D eigenvalue weighted by Gasteiger charge is 2.15. The number of aliphatic imine (C=N–C) groups is 1. The van der Waals surface area contributed by atoms with Crippen molar-refractivity contribution >= 4 is 35.8 Å². The van der Waals surface area contributed by atoms with Gasteiger partial charge in [-0.15, -0.1) is 24.0 Å². The molecule has 1 aromatic rings. The third kappa shape index (κ3) is 11.0. The number of methoxy groups -OCH3 is 1. The van der Waals surface area contributed by atoms with Gasteiger partial charge in [0.1, 0.15) is 0 Å². The number of benzene rings is 1. The highest BCUT2D eigenvalue weighted by Crippen LogP contribution is 2.33. The molecule has 0 radical (unpaired) electrons. The van der Waals surface area contributed by atoms with Crippen molar-refractivity contribution < 1.29 is 27.8 Å². The summed E-state index contributed by atoms with van der Waals surface area (Å²) in [5, 5.41) is 8.55. The molecule has 11 heteroatoms. The van der Waals surface area contributed by atoms with E-state index < -0.39 is 6.61 Å². The summed E-state index contributed by atoms with van der Waals surface area (Å²) in [5.74, 6) is 0.333. The quantitative estimate of drug-likeness (QED) is 0.166. The molecule has 3 N–H and O–H groups in total. The number of nitrogens with one attached hydrogen (secondary N) is 3. The van der Waals surface area contributed by atoms with Crippen LogP contribution < -0.4 is 25.4 Å². The van der Waals surface area contributed by atoms with E-state index in [9.17, 15) is 13.6 Å². The second kappa shape index (κ2) is 16.0. The van der Waals surface area contributed by atoms with Gasteiger partial charge >= 0.3 is 6.61 Å². The Hall–Kier alpha value is -1.89. The minimum atomic E-state index is -2.98. The van der Waals surface area contributed by atoms with E-state index in [1.54, 1.807) is 32.2 Å². The number of carbonyl (C=O) groups excluding carboxylic acids is 1. The maximum atomic E-state index is 12.8. The first-order chi connectivity index (χ1) is 13.5. The standard InChI is InChI=1S/C18H28F2N4O4.HI/c1-4-21-18(24-12-15(25)22-9-10-26-3)23-11-13-7-6-8-14(27-5-2)16(13)28-17(19)20;/h6-8,17H,4-5,9-12H2,1-3H3,(H,22,25)(H2,21,23,24);1H. The molecular weight excluding hydrogens is 501 g/mol. The molecule has 0 spiro atoms. The minimum Gasteiger partial charge on any atom is -0.490 e. The zero-order valence-electron chi connectivity index (χ0n) is 16.8. The molecule has 0 atom stereocenters. The van der Waals surface area contributed by atoms with Crippen molar-refractivity contribution in [1.29, 1.82) is 0 Å². The van der Waals surface area contributed by atoms with Gasteiger partial charge in [0.25, 0.3) is 0 Å². The van der Waals surface area contributed by atoms with Crippen LogP contribution in [0.3, 0.4) is 0 Å². The topological polar surface area (TPSA) is 93.2 Å². The molecule has 0 saturated carbocycles. The van der Waals surface area contributed by atoms with Gasteiger partial charge in [0.2, 0.25) is 5.91 Å². The molecule has 0 fully saturated rings. The summed E-state index contributed by atoms with van der Waals surface area (Å²) in [7, 11) is 1.55. The van der Waals surface area contributed by atoms with Crippen molar-refractivity contribution in [3.63, 3.8) is 0 Å². The lowest BCUT2D eigenvalue weighted by Gasteiger charge is -2.15. The van der Waals surface area contributed by atoms with Gasteiger partial charge < -0.3 is 30.2 Å². The van der Waals surface area contributed by atoms with Gasteiger partial charge in [0.05, 0.1) is 26.3 Å². The van der Waals surface area contributed by atoms with E-state index in [1.165, 1.54) is 0 Å². The number of rotatable bonds is 12. The first-order valence-electron chi connectivity index (χ1n) is 8.99. The molecule has 29 heavy (non-hydrogen) atoms. The van der Waals surface area contributed by atoms with E-state index in [1.807, 2.05) is 6.92 Å². The Kier molecular flexibility index (Phi) is 14.9. The SMILES string of the molecule is CCNC(=NCc1cccc(OCC)c1OC(F)F)NCC(=O)NCCOC.I. The van der Waals surface area contributed by atoms with Crippen molar-refractivity contribution in [3.8, 4) is 11.5 Å². The normalized spacial score (nSPS) is 10.9. The van der Waals surface area contributed by atoms with Crippen LogP contribution in [0.2, 0.25) is 0 Å². The fourth-order valence-electron chi connectivity index (χ4n) is 2.20. The van der Waals surface area contributed by atoms with Crippen LogP contribution in [0.15, 0.2) is 23.2 Å². The number of guanidine groups is 1. The van der Waals surface area contributed by atoms with Gasteiger partial charge in [-0.2, -0.15) is 8.78 Å². The van der Waals surface area contributed by atoms with E-state index in [2.05, 4.69) is 25.7 Å². The number of halogens is 3. The maximum Gasteiger partial charge on any atom is 0.387 e. The van der Waals surface area contributed by atoms with Crippen molar-refractivity contribution in [2.24, 2.45) is 4.99 Å². The van der Waals surface area contributed by atoms with Gasteiger partial charge in [0, 0.05) is 25.8 Å². The zero-order valence-corrected chi connectivity index (χ0v) is 19.1. The molecule has 0 saturated heterocycles. The first-order valence-corrected chi connectivity index (χ1v) is 8.99. The Morgan fingerprint density at radius 2 is 1.97 bits per heavy atom. The third-order valence-corrected chi connectivity index (χ3v) is 3.36. The molecule has 0 bridgehead atoms. The predicted octanol–water partition coefficient (Wildman–Crippen LogP) is 2.12. The van der Waals surface area contributed by atoms with Crippen LogP contribution in [0.4, 0.5) is 8.78 Å². The fourth-order valence-corrected chi connectivity index (χ4v) is 2.20. The molecule has 0 aromatic heterocycles. The number of ether oxygens (including phenoxy) is 3. The van der Waals surface area contributed by atoms with Crippen molar-refractivity contribution in [2.75, 3.05) is 40.0 Å². The average molecular weight is 530 g/mol. The molecule has 1 aromatic carbocycles. The molecular formula is C18H29F2IN4O4. The second-order valence-corrected chi connectivity index (χ2v) is 5.45. The summed E-state index contributed by atoms with van der Waals surface area (Å²) in [4.78, 5) is 16.1. The first kappa shape index (κ1) is 27.1. The number of hydrogen-bond donors (Lipinski definition) is 3. The van der Waals surface area contributed by atoms with Gasteiger partial charge in [-0.1, -0.05) is 12.1 Å². The highest BCUT2D eigenvalue weighted by molar-refractivity contribution is 14.0. The lowest BCUT2D eigenvalue weighted by molar-refractivity contribution is -0.120. The van der Waals surface area contributed by atoms with Crippen molar-refractivity contribution in [1.82, 2.24) is 16.0 Å². The van der Waals surface area contributed by atoms with Crippen LogP contribution in [0.25, 0.3) is 0 Å². The Bertz CT molecular complexity index is 636. The summed E-state index contributed by atoms with van der Waals surface area (Å²) >= 11 is 0. The Labute approximate surface area is 186 Å². The van der Waals surface area contributed by atoms with Crippen molar-refractivity contribution in [2.45, 2.75) is 27.0 Å². The third-order valence-electron chi connectivity index (χ3n) is 3.36. The molecule has 1 rings (SSSR count). The van der Waals surface area contributed by atoms with Gasteiger partial charge in [-0.3, -0.25) is 4.79 Å². The smallest absolute Gasteiger partial charge is 0.387 e. The molecule has 0 heterocycles. The summed E-state index contributed by atoms with van der Waals surface area (Å²) < 4.78 is 40.4. The van der Waals surface area contributed by atoms with E-state index in [4.69, 9.17) is 9.47 Å². The second-order valence-electron chi connectivity index (χ2n) is 5.45. The van der Waals surface area contributed by atoms with Crippen LogP contribution >= 0.6 is 24.0 Å². The molecule has 0 aliphatic rings. The van der Waals surface area contributed by atoms with Crippen LogP contribution in [0.5, 0.6) is 11.5 Å².